The van der Waals surface area contributed by atoms with E-state index >= 15 is 0 Å². The number of ether oxygens (including phenoxy) is 3. The number of carbonyl (C=O) groups excluding carboxylic acids is 1. The Balaban J connectivity index is 1.44. The minimum Gasteiger partial charge on any atom is -0.497 e. The molecule has 7 heteroatoms. The summed E-state index contributed by atoms with van der Waals surface area (Å²) in [5.41, 5.74) is 2.80. The van der Waals surface area contributed by atoms with Crippen molar-refractivity contribution in [3.8, 4) is 34.4 Å². The molecule has 1 N–H and O–H groups in total. The van der Waals surface area contributed by atoms with E-state index in [1.54, 1.807) is 56.9 Å². The van der Waals surface area contributed by atoms with Crippen molar-refractivity contribution in [2.75, 3.05) is 19.5 Å². The second-order valence-corrected chi connectivity index (χ2v) is 6.80. The van der Waals surface area contributed by atoms with Crippen molar-refractivity contribution in [1.82, 2.24) is 9.97 Å². The molecule has 0 aliphatic carbocycles. The summed E-state index contributed by atoms with van der Waals surface area (Å²) in [5, 5.41) is 2.86. The maximum Gasteiger partial charge on any atom is 0.321 e. The van der Waals surface area contributed by atoms with E-state index in [-0.39, 0.29) is 11.9 Å². The number of hydrogen-bond acceptors (Lipinski definition) is 6. The average molecular weight is 427 g/mol. The first kappa shape index (κ1) is 20.9. The number of nitrogens with zero attached hydrogens (tertiary/aromatic N) is 2. The molecule has 0 unspecified atom stereocenters. The highest BCUT2D eigenvalue weighted by Crippen LogP contribution is 2.26. The van der Waals surface area contributed by atoms with E-state index in [9.17, 15) is 4.79 Å². The molecule has 7 nitrogen and oxygen atoms in total. The van der Waals surface area contributed by atoms with E-state index in [1.165, 1.54) is 0 Å². The van der Waals surface area contributed by atoms with E-state index in [0.717, 1.165) is 11.1 Å². The van der Waals surface area contributed by atoms with E-state index < -0.39 is 0 Å². The molecule has 0 bridgehead atoms. The Hall–Kier alpha value is -4.39. The number of methoxy groups -OCH3 is 2. The third-order valence-electron chi connectivity index (χ3n) is 4.67. The fraction of sp³-hybridized carbons (Fsp3) is 0.0800. The monoisotopic (exact) mass is 427 g/mol. The first-order valence-electron chi connectivity index (χ1n) is 9.84. The van der Waals surface area contributed by atoms with Crippen LogP contribution in [-0.2, 0) is 0 Å². The average Bonchev–Trinajstić information content (AvgIpc) is 2.85. The molecule has 1 heterocycles. The Morgan fingerprint density at radius 1 is 0.750 bits per heavy atom. The van der Waals surface area contributed by atoms with Crippen LogP contribution >= 0.6 is 0 Å². The van der Waals surface area contributed by atoms with Crippen LogP contribution in [-0.4, -0.2) is 30.1 Å². The first-order chi connectivity index (χ1) is 15.6. The number of amides is 1. The largest absolute Gasteiger partial charge is 0.497 e. The Kier molecular flexibility index (Phi) is 6.27. The van der Waals surface area contributed by atoms with Crippen molar-refractivity contribution in [2.45, 2.75) is 0 Å². The standard InChI is InChI=1S/C25H21N3O4/c1-30-22-12-20(13-23(14-22)31-2)28-24(29)18-10-8-17(9-11-18)19-15-26-25(27-16-19)32-21-6-4-3-5-7-21/h3-16H,1-2H3,(H,28,29). The van der Waals surface area contributed by atoms with Crippen molar-refractivity contribution in [3.63, 3.8) is 0 Å². The zero-order chi connectivity index (χ0) is 22.3. The van der Waals surface area contributed by atoms with Crippen LogP contribution in [0.1, 0.15) is 10.4 Å². The predicted octanol–water partition coefficient (Wildman–Crippen LogP) is 5.21. The molecule has 1 aromatic heterocycles. The van der Waals surface area contributed by atoms with Crippen LogP contribution in [0, 0.1) is 0 Å². The number of aromatic nitrogens is 2. The Labute approximate surface area is 185 Å². The topological polar surface area (TPSA) is 82.6 Å². The molecule has 0 fully saturated rings. The van der Waals surface area contributed by atoms with Gasteiger partial charge in [-0.1, -0.05) is 30.3 Å². The molecule has 160 valence electrons. The zero-order valence-corrected chi connectivity index (χ0v) is 17.6. The van der Waals surface area contributed by atoms with E-state index in [4.69, 9.17) is 14.2 Å². The molecule has 1 amide bonds. The third kappa shape index (κ3) is 5.02. The van der Waals surface area contributed by atoms with Crippen LogP contribution in [0.5, 0.6) is 23.3 Å². The molecule has 3 aromatic carbocycles. The normalized spacial score (nSPS) is 10.3. The number of nitrogens with one attached hydrogen (secondary N) is 1. The smallest absolute Gasteiger partial charge is 0.321 e. The van der Waals surface area contributed by atoms with Gasteiger partial charge in [-0.3, -0.25) is 4.79 Å². The molecule has 0 saturated heterocycles. The Morgan fingerprint density at radius 2 is 1.38 bits per heavy atom. The molecule has 0 aliphatic rings. The zero-order valence-electron chi connectivity index (χ0n) is 17.6. The van der Waals surface area contributed by atoms with Gasteiger partial charge in [0.05, 0.1) is 14.2 Å². The number of benzene rings is 3. The summed E-state index contributed by atoms with van der Waals surface area (Å²) in [6, 6.07) is 22.0. The summed E-state index contributed by atoms with van der Waals surface area (Å²) in [6.45, 7) is 0. The van der Waals surface area contributed by atoms with Gasteiger partial charge in [-0.05, 0) is 29.8 Å². The van der Waals surface area contributed by atoms with Gasteiger partial charge in [0, 0.05) is 47.4 Å². The fourth-order valence-electron chi connectivity index (χ4n) is 3.01. The molecule has 0 saturated carbocycles. The summed E-state index contributed by atoms with van der Waals surface area (Å²) in [5.74, 6) is 1.61. The van der Waals surface area contributed by atoms with Gasteiger partial charge < -0.3 is 19.5 Å². The van der Waals surface area contributed by atoms with Crippen LogP contribution < -0.4 is 19.5 Å². The molecule has 4 rings (SSSR count). The van der Waals surface area contributed by atoms with Gasteiger partial charge in [0.2, 0.25) is 0 Å². The number of rotatable bonds is 7. The Morgan fingerprint density at radius 3 is 1.97 bits per heavy atom. The quantitative estimate of drug-likeness (QED) is 0.436. The first-order valence-corrected chi connectivity index (χ1v) is 9.84. The van der Waals surface area contributed by atoms with Gasteiger partial charge in [0.25, 0.3) is 5.91 Å². The van der Waals surface area contributed by atoms with Gasteiger partial charge >= 0.3 is 6.01 Å². The van der Waals surface area contributed by atoms with Crippen LogP contribution in [0.25, 0.3) is 11.1 Å². The van der Waals surface area contributed by atoms with Crippen LogP contribution in [0.3, 0.4) is 0 Å². The van der Waals surface area contributed by atoms with E-state index in [2.05, 4.69) is 15.3 Å². The molecule has 4 aromatic rings. The van der Waals surface area contributed by atoms with Crippen LogP contribution in [0.4, 0.5) is 5.69 Å². The summed E-state index contributed by atoms with van der Waals surface area (Å²) in [4.78, 5) is 21.2. The lowest BCUT2D eigenvalue weighted by Gasteiger charge is -2.10. The molecule has 0 aliphatic heterocycles. The van der Waals surface area contributed by atoms with Gasteiger partial charge in [0.1, 0.15) is 17.2 Å². The van der Waals surface area contributed by atoms with Gasteiger partial charge in [-0.15, -0.1) is 0 Å². The lowest BCUT2D eigenvalue weighted by atomic mass is 10.1. The number of anilines is 1. The summed E-state index contributed by atoms with van der Waals surface area (Å²) < 4.78 is 16.1. The molecule has 0 atom stereocenters. The second-order valence-electron chi connectivity index (χ2n) is 6.80. The summed E-state index contributed by atoms with van der Waals surface area (Å²) in [7, 11) is 3.12. The number of hydrogen-bond donors (Lipinski definition) is 1. The van der Waals surface area contributed by atoms with E-state index in [0.29, 0.717) is 28.5 Å². The van der Waals surface area contributed by atoms with E-state index in [1.807, 2.05) is 42.5 Å². The molecule has 0 radical (unpaired) electrons. The number of carbonyl (C=O) groups is 1. The Bertz CT molecular complexity index is 1170. The second kappa shape index (κ2) is 9.61. The van der Waals surface area contributed by atoms with Crippen LogP contribution in [0.15, 0.2) is 85.2 Å². The number of para-hydroxylation sites is 1. The lowest BCUT2D eigenvalue weighted by molar-refractivity contribution is 0.102. The highest BCUT2D eigenvalue weighted by molar-refractivity contribution is 6.04. The van der Waals surface area contributed by atoms with Gasteiger partial charge in [-0.25, -0.2) is 9.97 Å². The van der Waals surface area contributed by atoms with Crippen molar-refractivity contribution in [1.29, 1.82) is 0 Å². The molecular weight excluding hydrogens is 406 g/mol. The van der Waals surface area contributed by atoms with Gasteiger partial charge in [-0.2, -0.15) is 0 Å². The lowest BCUT2D eigenvalue weighted by Crippen LogP contribution is -2.12. The van der Waals surface area contributed by atoms with Crippen molar-refractivity contribution < 1.29 is 19.0 Å². The van der Waals surface area contributed by atoms with Crippen molar-refractivity contribution >= 4 is 11.6 Å². The minimum absolute atomic E-state index is 0.241. The predicted molar refractivity (Wildman–Crippen MR) is 121 cm³/mol. The summed E-state index contributed by atoms with van der Waals surface area (Å²) in [6.07, 6.45) is 3.37. The summed E-state index contributed by atoms with van der Waals surface area (Å²) >= 11 is 0. The molecule has 0 spiro atoms. The third-order valence-corrected chi connectivity index (χ3v) is 4.67. The minimum atomic E-state index is -0.241. The maximum absolute atomic E-state index is 12.6. The molecule has 32 heavy (non-hydrogen) atoms. The highest BCUT2D eigenvalue weighted by atomic mass is 16.5. The van der Waals surface area contributed by atoms with Crippen molar-refractivity contribution in [3.05, 3.63) is 90.8 Å². The van der Waals surface area contributed by atoms with Crippen LogP contribution in [0.2, 0.25) is 0 Å². The SMILES string of the molecule is COc1cc(NC(=O)c2ccc(-c3cnc(Oc4ccccc4)nc3)cc2)cc(OC)c1. The molecular formula is C25H21N3O4. The van der Waals surface area contributed by atoms with Crippen molar-refractivity contribution in [2.24, 2.45) is 0 Å². The fourth-order valence-corrected chi connectivity index (χ4v) is 3.01. The highest BCUT2D eigenvalue weighted by Gasteiger charge is 2.10. The van der Waals surface area contributed by atoms with Gasteiger partial charge in [0.15, 0.2) is 0 Å². The maximum atomic E-state index is 12.6.